The van der Waals surface area contributed by atoms with E-state index in [-0.39, 0.29) is 36.7 Å². The second-order valence-corrected chi connectivity index (χ2v) is 9.52. The highest BCUT2D eigenvalue weighted by Gasteiger charge is 2.61. The monoisotopic (exact) mass is 449 g/mol. The number of hydrogen-bond acceptors (Lipinski definition) is 5. The molecule has 2 amide bonds. The van der Waals surface area contributed by atoms with E-state index in [4.69, 9.17) is 10.5 Å². The van der Waals surface area contributed by atoms with Gasteiger partial charge < -0.3 is 21.1 Å². The molecule has 0 aromatic heterocycles. The van der Waals surface area contributed by atoms with Gasteiger partial charge in [-0.1, -0.05) is 30.3 Å². The smallest absolute Gasteiger partial charge is 0.311 e. The molecular formula is C23H32ClN3O4. The first kappa shape index (κ1) is 23.5. The minimum absolute atomic E-state index is 0. The predicted octanol–water partition coefficient (Wildman–Crippen LogP) is 1.72. The number of amides is 2. The van der Waals surface area contributed by atoms with Gasteiger partial charge in [0.1, 0.15) is 6.04 Å². The van der Waals surface area contributed by atoms with Crippen molar-refractivity contribution in [2.45, 2.75) is 56.5 Å². The number of methoxy groups -OCH3 is 1. The van der Waals surface area contributed by atoms with Gasteiger partial charge in [-0.3, -0.25) is 14.4 Å². The van der Waals surface area contributed by atoms with Gasteiger partial charge in [-0.2, -0.15) is 0 Å². The summed E-state index contributed by atoms with van der Waals surface area (Å²) in [6, 6.07) is 8.91. The molecule has 0 radical (unpaired) electrons. The maximum atomic E-state index is 13.3. The van der Waals surface area contributed by atoms with E-state index in [1.54, 1.807) is 0 Å². The largest absolute Gasteiger partial charge is 0.469 e. The van der Waals surface area contributed by atoms with Gasteiger partial charge in [-0.25, -0.2) is 0 Å². The molecule has 4 aliphatic rings. The molecule has 4 aliphatic carbocycles. The Kier molecular flexibility index (Phi) is 6.96. The molecule has 1 aromatic rings. The molecule has 31 heavy (non-hydrogen) atoms. The van der Waals surface area contributed by atoms with E-state index < -0.39 is 17.0 Å². The molecule has 0 spiro atoms. The molecule has 5 rings (SSSR count). The zero-order valence-corrected chi connectivity index (χ0v) is 18.7. The normalized spacial score (nSPS) is 31.3. The average Bonchev–Trinajstić information content (AvgIpc) is 2.71. The van der Waals surface area contributed by atoms with Crippen LogP contribution in [0.5, 0.6) is 0 Å². The summed E-state index contributed by atoms with van der Waals surface area (Å²) in [7, 11) is 1.45. The van der Waals surface area contributed by atoms with Crippen LogP contribution in [0.3, 0.4) is 0 Å². The Labute approximate surface area is 189 Å². The Morgan fingerprint density at radius 2 is 1.77 bits per heavy atom. The number of nitrogens with one attached hydrogen (secondary N) is 2. The van der Waals surface area contributed by atoms with Crippen molar-refractivity contribution in [3.05, 3.63) is 35.9 Å². The molecular weight excluding hydrogens is 418 g/mol. The lowest BCUT2D eigenvalue weighted by atomic mass is 9.47. The Bertz CT molecular complexity index is 817. The van der Waals surface area contributed by atoms with Crippen LogP contribution in [0.25, 0.3) is 0 Å². The Hall–Kier alpha value is -2.12. The predicted molar refractivity (Wildman–Crippen MR) is 118 cm³/mol. The van der Waals surface area contributed by atoms with Gasteiger partial charge in [0.25, 0.3) is 0 Å². The third-order valence-electron chi connectivity index (χ3n) is 7.19. The van der Waals surface area contributed by atoms with Gasteiger partial charge in [0.15, 0.2) is 0 Å². The standard InChI is InChI=1S/C23H31N3O4.ClH/c1-30-21(29)22-9-16-7-17(10-22)12-23(11-16,14-22)26-20(28)18(25-19(27)13-24)8-15-5-3-2-4-6-15;/h2-6,16-18H,7-14,24H2,1H3,(H,25,27)(H,26,28);1H/t16?,17?,18-,22?,23?;/m0./s1. The zero-order chi connectivity index (χ0) is 21.4. The summed E-state index contributed by atoms with van der Waals surface area (Å²) in [6.07, 6.45) is 5.61. The third kappa shape index (κ3) is 4.72. The molecule has 3 atom stereocenters. The van der Waals surface area contributed by atoms with Gasteiger partial charge in [0, 0.05) is 12.0 Å². The van der Waals surface area contributed by atoms with E-state index in [1.165, 1.54) is 7.11 Å². The van der Waals surface area contributed by atoms with E-state index in [9.17, 15) is 14.4 Å². The van der Waals surface area contributed by atoms with Crippen LogP contribution >= 0.6 is 12.4 Å². The quantitative estimate of drug-likeness (QED) is 0.549. The van der Waals surface area contributed by atoms with Crippen molar-refractivity contribution in [3.8, 4) is 0 Å². The van der Waals surface area contributed by atoms with Gasteiger partial charge in [-0.05, 0) is 55.9 Å². The molecule has 8 heteroatoms. The molecule has 4 N–H and O–H groups in total. The van der Waals surface area contributed by atoms with E-state index in [0.717, 1.165) is 37.7 Å². The minimum Gasteiger partial charge on any atom is -0.469 e. The molecule has 4 bridgehead atoms. The summed E-state index contributed by atoms with van der Waals surface area (Å²) in [5, 5.41) is 6.05. The second-order valence-electron chi connectivity index (χ2n) is 9.52. The van der Waals surface area contributed by atoms with Crippen LogP contribution in [0.1, 0.15) is 44.1 Å². The van der Waals surface area contributed by atoms with Crippen LogP contribution in [0, 0.1) is 17.3 Å². The van der Waals surface area contributed by atoms with Crippen molar-refractivity contribution in [1.29, 1.82) is 0 Å². The minimum atomic E-state index is -0.703. The highest BCUT2D eigenvalue weighted by molar-refractivity contribution is 5.89. The van der Waals surface area contributed by atoms with E-state index in [1.807, 2.05) is 30.3 Å². The van der Waals surface area contributed by atoms with Gasteiger partial charge in [0.05, 0.1) is 19.1 Å². The number of benzene rings is 1. The molecule has 4 saturated carbocycles. The van der Waals surface area contributed by atoms with Crippen LogP contribution in [0.15, 0.2) is 30.3 Å². The SMILES string of the molecule is COC(=O)C12CC3CC(CC(NC(=O)[C@H](Cc4ccccc4)NC(=O)CN)(C3)C1)C2.Cl. The molecule has 4 fully saturated rings. The maximum absolute atomic E-state index is 13.3. The van der Waals surface area contributed by atoms with Crippen molar-refractivity contribution < 1.29 is 19.1 Å². The highest BCUT2D eigenvalue weighted by Crippen LogP contribution is 2.62. The Morgan fingerprint density at radius 1 is 1.13 bits per heavy atom. The number of nitrogens with two attached hydrogens (primary N) is 1. The lowest BCUT2D eigenvalue weighted by molar-refractivity contribution is -0.173. The highest BCUT2D eigenvalue weighted by atomic mass is 35.5. The van der Waals surface area contributed by atoms with Crippen LogP contribution in [0.2, 0.25) is 0 Å². The number of esters is 1. The number of carbonyl (C=O) groups excluding carboxylic acids is 3. The number of carbonyl (C=O) groups is 3. The Balaban J connectivity index is 0.00000272. The molecule has 0 aliphatic heterocycles. The first-order valence-electron chi connectivity index (χ1n) is 10.8. The van der Waals surface area contributed by atoms with Crippen LogP contribution in [0.4, 0.5) is 0 Å². The first-order valence-corrected chi connectivity index (χ1v) is 10.8. The number of ether oxygens (including phenoxy) is 1. The van der Waals surface area contributed by atoms with Crippen molar-refractivity contribution in [3.63, 3.8) is 0 Å². The lowest BCUT2D eigenvalue weighted by Crippen LogP contribution is -2.66. The van der Waals surface area contributed by atoms with Crippen LogP contribution < -0.4 is 16.4 Å². The van der Waals surface area contributed by atoms with E-state index >= 15 is 0 Å². The summed E-state index contributed by atoms with van der Waals surface area (Å²) in [5.74, 6) is 0.145. The van der Waals surface area contributed by atoms with Crippen molar-refractivity contribution >= 4 is 30.2 Å². The fourth-order valence-electron chi connectivity index (χ4n) is 6.52. The van der Waals surface area contributed by atoms with Crippen LogP contribution in [-0.2, 0) is 25.5 Å². The summed E-state index contributed by atoms with van der Waals surface area (Å²) in [6.45, 7) is -0.167. The van der Waals surface area contributed by atoms with E-state index in [0.29, 0.717) is 24.7 Å². The maximum Gasteiger partial charge on any atom is 0.311 e. The van der Waals surface area contributed by atoms with Gasteiger partial charge in [-0.15, -0.1) is 12.4 Å². The fraction of sp³-hybridized carbons (Fsp3) is 0.609. The van der Waals surface area contributed by atoms with Crippen molar-refractivity contribution in [2.75, 3.05) is 13.7 Å². The van der Waals surface area contributed by atoms with E-state index in [2.05, 4.69) is 10.6 Å². The summed E-state index contributed by atoms with van der Waals surface area (Å²) in [5.41, 5.74) is 5.55. The second kappa shape index (κ2) is 9.17. The molecule has 0 heterocycles. The molecule has 170 valence electrons. The number of rotatable bonds is 7. The summed E-state index contributed by atoms with van der Waals surface area (Å²) < 4.78 is 5.16. The fourth-order valence-corrected chi connectivity index (χ4v) is 6.52. The molecule has 2 unspecified atom stereocenters. The number of hydrogen-bond donors (Lipinski definition) is 3. The first-order chi connectivity index (χ1) is 14.4. The number of halogens is 1. The molecule has 1 aromatic carbocycles. The summed E-state index contributed by atoms with van der Waals surface area (Å²) in [4.78, 5) is 38.0. The van der Waals surface area contributed by atoms with Gasteiger partial charge >= 0.3 is 5.97 Å². The van der Waals surface area contributed by atoms with Crippen molar-refractivity contribution in [1.82, 2.24) is 10.6 Å². The van der Waals surface area contributed by atoms with Crippen molar-refractivity contribution in [2.24, 2.45) is 23.0 Å². The summed E-state index contributed by atoms with van der Waals surface area (Å²) >= 11 is 0. The topological polar surface area (TPSA) is 111 Å². The molecule has 7 nitrogen and oxygen atoms in total. The molecule has 0 saturated heterocycles. The Morgan fingerprint density at radius 3 is 2.35 bits per heavy atom. The third-order valence-corrected chi connectivity index (χ3v) is 7.19. The lowest BCUT2D eigenvalue weighted by Gasteiger charge is -2.60. The zero-order valence-electron chi connectivity index (χ0n) is 17.9. The average molecular weight is 450 g/mol. The van der Waals surface area contributed by atoms with Gasteiger partial charge in [0.2, 0.25) is 11.8 Å². The van der Waals surface area contributed by atoms with Crippen LogP contribution in [-0.4, -0.2) is 43.0 Å².